The molecule has 4 nitrogen and oxygen atoms in total. The van der Waals surface area contributed by atoms with Crippen LogP contribution in [0, 0.1) is 10.8 Å². The molecule has 0 spiro atoms. The highest BCUT2D eigenvalue weighted by Gasteiger charge is 2.40. The Labute approximate surface area is 311 Å². The molecule has 0 aromatic carbocycles. The van der Waals surface area contributed by atoms with E-state index in [0.717, 1.165) is 56.3 Å². The average Bonchev–Trinajstić information content (AvgIpc) is 2.99. The molecule has 268 valence electrons. The Kier molecular flexibility index (Phi) is 16.3. The molecule has 0 saturated heterocycles. The molecule has 0 bridgehead atoms. The summed E-state index contributed by atoms with van der Waals surface area (Å²) in [4.78, 5) is 37.3. The molecular weight excluding hydrogens is 657 g/mol. The molecule has 2 unspecified atom stereocenters. The third kappa shape index (κ3) is 13.3. The summed E-state index contributed by atoms with van der Waals surface area (Å²) in [5.74, 6) is 0.0707. The Morgan fingerprint density at radius 2 is 1.06 bits per heavy atom. The van der Waals surface area contributed by atoms with Crippen molar-refractivity contribution in [3.05, 3.63) is 130 Å². The molecule has 0 heterocycles. The second-order valence-electron chi connectivity index (χ2n) is 14.6. The topological polar surface area (TPSA) is 60.4 Å². The Balaban J connectivity index is 1.98. The molecule has 0 aromatic heterocycles. The van der Waals surface area contributed by atoms with Crippen LogP contribution >= 0.6 is 24.0 Å². The number of hydrogen-bond donors (Lipinski definition) is 0. The van der Waals surface area contributed by atoms with Gasteiger partial charge in [0, 0.05) is 20.3 Å². The standard InChI is InChI=1S/C44H56O4S2/c1-29(19-15-21-31(3)23-25-37-33(5)41(46)39(48-36(8)49)27-43(37,9)10)17-13-14-18-30(2)20-16-22-32(4)24-26-38-34(6)42(47)40(50-35(7)45)28-44(38,11)12/h13-26,39-40H,27-28H2,1-12H3. The van der Waals surface area contributed by atoms with E-state index in [0.29, 0.717) is 17.9 Å². The fourth-order valence-corrected chi connectivity index (χ4v) is 7.46. The van der Waals surface area contributed by atoms with Crippen molar-refractivity contribution in [1.29, 1.82) is 0 Å². The molecular formula is C44H56O4S2. The van der Waals surface area contributed by atoms with Crippen LogP contribution in [0.4, 0.5) is 0 Å². The van der Waals surface area contributed by atoms with Gasteiger partial charge in [0.2, 0.25) is 0 Å². The lowest BCUT2D eigenvalue weighted by molar-refractivity contribution is -0.124. The summed E-state index contributed by atoms with van der Waals surface area (Å²) in [5.41, 5.74) is 7.60. The first kappa shape index (κ1) is 42.6. The van der Waals surface area contributed by atoms with E-state index in [1.165, 1.54) is 6.92 Å². The van der Waals surface area contributed by atoms with Gasteiger partial charge in [0.1, 0.15) is 0 Å². The average molecular weight is 713 g/mol. The lowest BCUT2D eigenvalue weighted by Crippen LogP contribution is -2.38. The highest BCUT2D eigenvalue weighted by molar-refractivity contribution is 8.14. The number of thiocarbonyl (C=S) groups is 1. The maximum absolute atomic E-state index is 12.9. The summed E-state index contributed by atoms with van der Waals surface area (Å²) < 4.78 is 5.64. The molecule has 0 saturated carbocycles. The van der Waals surface area contributed by atoms with Gasteiger partial charge in [-0.2, -0.15) is 0 Å². The van der Waals surface area contributed by atoms with E-state index >= 15 is 0 Å². The zero-order valence-corrected chi connectivity index (χ0v) is 33.7. The first-order valence-electron chi connectivity index (χ1n) is 17.2. The quantitative estimate of drug-likeness (QED) is 0.148. The van der Waals surface area contributed by atoms with Crippen LogP contribution in [0.3, 0.4) is 0 Å². The molecule has 50 heavy (non-hydrogen) atoms. The lowest BCUT2D eigenvalue weighted by Gasteiger charge is -2.36. The van der Waals surface area contributed by atoms with E-state index in [-0.39, 0.29) is 32.8 Å². The molecule has 0 aromatic rings. The Morgan fingerprint density at radius 1 is 0.660 bits per heavy atom. The number of Topliss-reactive ketones (excluding diaryl/α,β-unsaturated/α-hetero) is 2. The first-order chi connectivity index (χ1) is 23.2. The van der Waals surface area contributed by atoms with Crippen molar-refractivity contribution in [3.63, 3.8) is 0 Å². The van der Waals surface area contributed by atoms with E-state index < -0.39 is 6.10 Å². The summed E-state index contributed by atoms with van der Waals surface area (Å²) in [6.07, 6.45) is 29.5. The Hall–Kier alpha value is -3.61. The van der Waals surface area contributed by atoms with Gasteiger partial charge in [-0.25, -0.2) is 0 Å². The summed E-state index contributed by atoms with van der Waals surface area (Å²) in [6.45, 7) is 23.8. The van der Waals surface area contributed by atoms with Gasteiger partial charge in [-0.3, -0.25) is 14.4 Å². The minimum atomic E-state index is -0.508. The largest absolute Gasteiger partial charge is 0.476 e. The predicted molar refractivity (Wildman–Crippen MR) is 218 cm³/mol. The highest BCUT2D eigenvalue weighted by Crippen LogP contribution is 2.43. The van der Waals surface area contributed by atoms with E-state index in [1.54, 1.807) is 6.92 Å². The lowest BCUT2D eigenvalue weighted by atomic mass is 9.71. The number of carbonyl (C=O) groups excluding carboxylic acids is 3. The molecule has 0 radical (unpaired) electrons. The van der Waals surface area contributed by atoms with Crippen molar-refractivity contribution in [2.45, 2.75) is 107 Å². The SMILES string of the molecule is CC(=O)SC1CC(C)(C)C(C=CC(C)=CC=CC(C)=CC=CC=C(C)C=CC=C(C)C=CC2=C(C)C(=O)C(OC(C)=S)CC2(C)C)=C(C)C1=O. The predicted octanol–water partition coefficient (Wildman–Crippen LogP) is 11.6. The van der Waals surface area contributed by atoms with Crippen molar-refractivity contribution in [2.75, 3.05) is 0 Å². The summed E-state index contributed by atoms with van der Waals surface area (Å²) in [5, 5.41) is 0.0838. The second kappa shape index (κ2) is 19.1. The van der Waals surface area contributed by atoms with E-state index in [9.17, 15) is 14.4 Å². The van der Waals surface area contributed by atoms with Crippen LogP contribution in [-0.2, 0) is 19.1 Å². The molecule has 0 fully saturated rings. The van der Waals surface area contributed by atoms with Crippen molar-refractivity contribution >= 4 is 45.7 Å². The summed E-state index contributed by atoms with van der Waals surface area (Å²) >= 11 is 6.22. The molecule has 6 heteroatoms. The molecule has 0 N–H and O–H groups in total. The van der Waals surface area contributed by atoms with Gasteiger partial charge < -0.3 is 4.74 Å². The first-order valence-corrected chi connectivity index (χ1v) is 18.5. The van der Waals surface area contributed by atoms with Gasteiger partial charge in [-0.05, 0) is 93.3 Å². The maximum atomic E-state index is 12.9. The van der Waals surface area contributed by atoms with Crippen LogP contribution in [0.1, 0.15) is 95.9 Å². The van der Waals surface area contributed by atoms with Crippen molar-refractivity contribution < 1.29 is 19.1 Å². The van der Waals surface area contributed by atoms with E-state index in [1.807, 2.05) is 52.0 Å². The fraction of sp³-hybridized carbons (Fsp3) is 0.409. The van der Waals surface area contributed by atoms with Gasteiger partial charge in [0.05, 0.1) is 5.25 Å². The van der Waals surface area contributed by atoms with Crippen LogP contribution in [0.2, 0.25) is 0 Å². The molecule has 2 rings (SSSR count). The summed E-state index contributed by atoms with van der Waals surface area (Å²) in [6, 6.07) is 0. The van der Waals surface area contributed by atoms with Gasteiger partial charge >= 0.3 is 0 Å². The molecule has 2 atom stereocenters. The zero-order valence-electron chi connectivity index (χ0n) is 32.1. The van der Waals surface area contributed by atoms with Gasteiger partial charge in [0.25, 0.3) is 0 Å². The van der Waals surface area contributed by atoms with Crippen LogP contribution in [0.5, 0.6) is 0 Å². The number of carbonyl (C=O) groups is 3. The zero-order chi connectivity index (χ0) is 37.8. The fourth-order valence-electron chi connectivity index (χ4n) is 6.16. The van der Waals surface area contributed by atoms with Gasteiger partial charge in [-0.1, -0.05) is 147 Å². The number of rotatable bonds is 12. The third-order valence-corrected chi connectivity index (χ3v) is 9.98. The maximum Gasteiger partial charge on any atom is 0.199 e. The van der Waals surface area contributed by atoms with Crippen LogP contribution in [0.25, 0.3) is 0 Å². The minimum Gasteiger partial charge on any atom is -0.476 e. The Bertz CT molecular complexity index is 1570. The van der Waals surface area contributed by atoms with Gasteiger partial charge in [0.15, 0.2) is 27.8 Å². The van der Waals surface area contributed by atoms with E-state index in [4.69, 9.17) is 17.0 Å². The van der Waals surface area contributed by atoms with Crippen molar-refractivity contribution in [2.24, 2.45) is 10.8 Å². The minimum absolute atomic E-state index is 0.00855. The number of ketones is 2. The molecule has 2 aliphatic rings. The van der Waals surface area contributed by atoms with Crippen LogP contribution < -0.4 is 0 Å². The van der Waals surface area contributed by atoms with Crippen LogP contribution in [-0.4, -0.2) is 33.1 Å². The number of allylic oxidation sites excluding steroid dienone is 21. The van der Waals surface area contributed by atoms with E-state index in [2.05, 4.69) is 102 Å². The third-order valence-electron chi connectivity index (χ3n) is 8.89. The summed E-state index contributed by atoms with van der Waals surface area (Å²) in [7, 11) is 0. The highest BCUT2D eigenvalue weighted by atomic mass is 32.2. The monoisotopic (exact) mass is 712 g/mol. The molecule has 0 amide bonds. The van der Waals surface area contributed by atoms with Crippen molar-refractivity contribution in [1.82, 2.24) is 0 Å². The number of ether oxygens (including phenoxy) is 1. The molecule has 2 aliphatic carbocycles. The Morgan fingerprint density at radius 3 is 1.50 bits per heavy atom. The van der Waals surface area contributed by atoms with Crippen LogP contribution in [0.15, 0.2) is 130 Å². The molecule has 0 aliphatic heterocycles. The smallest absolute Gasteiger partial charge is 0.199 e. The number of thioether (sulfide) groups is 1. The normalized spacial score (nSPS) is 22.8. The van der Waals surface area contributed by atoms with Gasteiger partial charge in [-0.15, -0.1) is 0 Å². The second-order valence-corrected chi connectivity index (χ2v) is 16.5. The van der Waals surface area contributed by atoms with Crippen molar-refractivity contribution in [3.8, 4) is 0 Å². The number of hydrogen-bond acceptors (Lipinski definition) is 6.